The van der Waals surface area contributed by atoms with Gasteiger partial charge < -0.3 is 15.4 Å². The minimum absolute atomic E-state index is 0.0962. The van der Waals surface area contributed by atoms with Crippen LogP contribution in [0, 0.1) is 0 Å². The molecule has 6 heteroatoms. The Balaban J connectivity index is 1.75. The van der Waals surface area contributed by atoms with Crippen molar-refractivity contribution in [2.45, 2.75) is 38.5 Å². The maximum Gasteiger partial charge on any atom is 0.387 e. The SMILES string of the molecule is O=C(CCNC1CC1)NCc1ccccc1OC(F)F. The van der Waals surface area contributed by atoms with Gasteiger partial charge in [0.05, 0.1) is 0 Å². The molecule has 1 fully saturated rings. The highest BCUT2D eigenvalue weighted by Crippen LogP contribution is 2.20. The van der Waals surface area contributed by atoms with Crippen molar-refractivity contribution in [1.29, 1.82) is 0 Å². The highest BCUT2D eigenvalue weighted by atomic mass is 19.3. The van der Waals surface area contributed by atoms with Crippen LogP contribution in [0.3, 0.4) is 0 Å². The van der Waals surface area contributed by atoms with Gasteiger partial charge in [0.2, 0.25) is 5.91 Å². The first kappa shape index (κ1) is 14.7. The fraction of sp³-hybridized carbons (Fsp3) is 0.500. The predicted octanol–water partition coefficient (Wildman–Crippen LogP) is 2.05. The average Bonchev–Trinajstić information content (AvgIpc) is 3.21. The maximum atomic E-state index is 12.2. The van der Waals surface area contributed by atoms with Gasteiger partial charge in [-0.25, -0.2) is 0 Å². The van der Waals surface area contributed by atoms with Crippen LogP contribution in [0.15, 0.2) is 24.3 Å². The molecule has 0 heterocycles. The van der Waals surface area contributed by atoms with Crippen molar-refractivity contribution < 1.29 is 18.3 Å². The van der Waals surface area contributed by atoms with Crippen LogP contribution in [0.1, 0.15) is 24.8 Å². The van der Waals surface area contributed by atoms with Crippen LogP contribution in [-0.4, -0.2) is 25.1 Å². The molecule has 0 bridgehead atoms. The Morgan fingerprint density at radius 2 is 2.10 bits per heavy atom. The number of carbonyl (C=O) groups excluding carboxylic acids is 1. The third-order valence-corrected chi connectivity index (χ3v) is 3.03. The molecule has 4 nitrogen and oxygen atoms in total. The van der Waals surface area contributed by atoms with E-state index in [1.165, 1.54) is 18.9 Å². The van der Waals surface area contributed by atoms with Gasteiger partial charge in [0, 0.05) is 31.1 Å². The third kappa shape index (κ3) is 5.13. The molecule has 1 saturated carbocycles. The van der Waals surface area contributed by atoms with Gasteiger partial charge in [0.25, 0.3) is 0 Å². The molecular weight excluding hydrogens is 266 g/mol. The summed E-state index contributed by atoms with van der Waals surface area (Å²) in [6, 6.07) is 7.02. The summed E-state index contributed by atoms with van der Waals surface area (Å²) in [6.45, 7) is -2.04. The number of rotatable bonds is 8. The number of hydrogen-bond donors (Lipinski definition) is 2. The first-order valence-corrected chi connectivity index (χ1v) is 6.68. The van der Waals surface area contributed by atoms with Crippen LogP contribution in [0.4, 0.5) is 8.78 Å². The Morgan fingerprint density at radius 1 is 1.35 bits per heavy atom. The number of ether oxygens (including phenoxy) is 1. The number of nitrogens with one attached hydrogen (secondary N) is 2. The van der Waals surface area contributed by atoms with Gasteiger partial charge in [-0.15, -0.1) is 0 Å². The van der Waals surface area contributed by atoms with Gasteiger partial charge in [-0.2, -0.15) is 8.78 Å². The normalized spacial score (nSPS) is 14.3. The maximum absolute atomic E-state index is 12.2. The molecule has 1 aromatic rings. The molecule has 1 aliphatic rings. The van der Waals surface area contributed by atoms with Gasteiger partial charge in [-0.05, 0) is 18.9 Å². The van der Waals surface area contributed by atoms with Crippen LogP contribution >= 0.6 is 0 Å². The summed E-state index contributed by atoms with van der Waals surface area (Å²) in [5.41, 5.74) is 0.538. The summed E-state index contributed by atoms with van der Waals surface area (Å²) in [5, 5.41) is 5.94. The van der Waals surface area contributed by atoms with Gasteiger partial charge in [0.1, 0.15) is 5.75 Å². The Labute approximate surface area is 116 Å². The summed E-state index contributed by atoms with van der Waals surface area (Å²) in [6.07, 6.45) is 2.74. The predicted molar refractivity (Wildman–Crippen MR) is 70.6 cm³/mol. The fourth-order valence-corrected chi connectivity index (χ4v) is 1.82. The van der Waals surface area contributed by atoms with Crippen molar-refractivity contribution >= 4 is 5.91 Å². The standard InChI is InChI=1S/C14H18F2N2O2/c15-14(16)20-12-4-2-1-3-10(12)9-18-13(19)7-8-17-11-5-6-11/h1-4,11,14,17H,5-9H2,(H,18,19). The molecule has 1 amide bonds. The van der Waals surface area contributed by atoms with Gasteiger partial charge in [-0.1, -0.05) is 18.2 Å². The van der Waals surface area contributed by atoms with Crippen molar-refractivity contribution in [2.24, 2.45) is 0 Å². The molecule has 1 aliphatic carbocycles. The fourth-order valence-electron chi connectivity index (χ4n) is 1.82. The molecule has 0 aromatic heterocycles. The van der Waals surface area contributed by atoms with Crippen molar-refractivity contribution in [3.63, 3.8) is 0 Å². The van der Waals surface area contributed by atoms with E-state index in [1.54, 1.807) is 18.2 Å². The lowest BCUT2D eigenvalue weighted by Crippen LogP contribution is -2.28. The number of halogens is 2. The summed E-state index contributed by atoms with van der Waals surface area (Å²) in [7, 11) is 0. The Morgan fingerprint density at radius 3 is 2.80 bits per heavy atom. The van der Waals surface area contributed by atoms with E-state index in [0.29, 0.717) is 24.6 Å². The lowest BCUT2D eigenvalue weighted by atomic mass is 10.2. The number of benzene rings is 1. The van der Waals surface area contributed by atoms with E-state index in [-0.39, 0.29) is 18.2 Å². The minimum Gasteiger partial charge on any atom is -0.434 e. The summed E-state index contributed by atoms with van der Waals surface area (Å²) in [4.78, 5) is 11.6. The summed E-state index contributed by atoms with van der Waals surface area (Å²) in [5.74, 6) is -0.0103. The van der Waals surface area contributed by atoms with E-state index in [0.717, 1.165) is 0 Å². The summed E-state index contributed by atoms with van der Waals surface area (Å²) >= 11 is 0. The molecule has 20 heavy (non-hydrogen) atoms. The van der Waals surface area contributed by atoms with E-state index in [1.807, 2.05) is 0 Å². The van der Waals surface area contributed by atoms with Crippen LogP contribution in [0.2, 0.25) is 0 Å². The third-order valence-electron chi connectivity index (χ3n) is 3.03. The zero-order valence-corrected chi connectivity index (χ0v) is 11.1. The molecule has 0 spiro atoms. The second kappa shape index (κ2) is 7.19. The lowest BCUT2D eigenvalue weighted by Gasteiger charge is -2.11. The van der Waals surface area contributed by atoms with Gasteiger partial charge in [0.15, 0.2) is 0 Å². The van der Waals surface area contributed by atoms with Crippen LogP contribution < -0.4 is 15.4 Å². The molecular formula is C14H18F2N2O2. The summed E-state index contributed by atoms with van der Waals surface area (Å²) < 4.78 is 28.9. The molecule has 0 unspecified atom stereocenters. The van der Waals surface area contributed by atoms with Crippen molar-refractivity contribution in [3.8, 4) is 5.75 Å². The molecule has 0 atom stereocenters. The zero-order valence-electron chi connectivity index (χ0n) is 11.1. The Kier molecular flexibility index (Phi) is 5.29. The van der Waals surface area contributed by atoms with Crippen LogP contribution in [0.25, 0.3) is 0 Å². The highest BCUT2D eigenvalue weighted by Gasteiger charge is 2.20. The largest absolute Gasteiger partial charge is 0.434 e. The molecule has 110 valence electrons. The lowest BCUT2D eigenvalue weighted by molar-refractivity contribution is -0.121. The smallest absolute Gasteiger partial charge is 0.387 e. The van der Waals surface area contributed by atoms with E-state index in [2.05, 4.69) is 15.4 Å². The molecule has 0 saturated heterocycles. The molecule has 1 aromatic carbocycles. The quantitative estimate of drug-likeness (QED) is 0.768. The topological polar surface area (TPSA) is 50.4 Å². The van der Waals surface area contributed by atoms with Crippen molar-refractivity contribution in [1.82, 2.24) is 10.6 Å². The number of hydrogen-bond acceptors (Lipinski definition) is 3. The van der Waals surface area contributed by atoms with E-state index in [4.69, 9.17) is 0 Å². The number of para-hydroxylation sites is 1. The zero-order chi connectivity index (χ0) is 14.4. The second-order valence-electron chi connectivity index (χ2n) is 4.74. The number of carbonyl (C=O) groups is 1. The second-order valence-corrected chi connectivity index (χ2v) is 4.74. The van der Waals surface area contributed by atoms with Gasteiger partial charge in [-0.3, -0.25) is 4.79 Å². The minimum atomic E-state index is -2.87. The number of alkyl halides is 2. The number of amides is 1. The van der Waals surface area contributed by atoms with Crippen molar-refractivity contribution in [3.05, 3.63) is 29.8 Å². The Bertz CT molecular complexity index is 451. The molecule has 2 N–H and O–H groups in total. The first-order chi connectivity index (χ1) is 9.65. The monoisotopic (exact) mass is 284 g/mol. The van der Waals surface area contributed by atoms with Crippen LogP contribution in [-0.2, 0) is 11.3 Å². The van der Waals surface area contributed by atoms with E-state index in [9.17, 15) is 13.6 Å². The van der Waals surface area contributed by atoms with Crippen LogP contribution in [0.5, 0.6) is 5.75 Å². The highest BCUT2D eigenvalue weighted by molar-refractivity contribution is 5.76. The van der Waals surface area contributed by atoms with Gasteiger partial charge >= 0.3 is 6.61 Å². The van der Waals surface area contributed by atoms with E-state index < -0.39 is 6.61 Å². The first-order valence-electron chi connectivity index (χ1n) is 6.68. The van der Waals surface area contributed by atoms with Crippen molar-refractivity contribution in [2.75, 3.05) is 6.54 Å². The Hall–Kier alpha value is -1.69. The molecule has 0 radical (unpaired) electrons. The molecule has 0 aliphatic heterocycles. The molecule has 2 rings (SSSR count). The average molecular weight is 284 g/mol. The van der Waals surface area contributed by atoms with E-state index >= 15 is 0 Å².